The molecule has 1 amide bonds. The smallest absolute Gasteiger partial charge is 0.223 e. The number of ether oxygens (including phenoxy) is 1. The molecule has 5 heteroatoms. The molecule has 1 unspecified atom stereocenters. The van der Waals surface area contributed by atoms with Gasteiger partial charge in [-0.1, -0.05) is 6.92 Å². The summed E-state index contributed by atoms with van der Waals surface area (Å²) in [6.07, 6.45) is 0. The van der Waals surface area contributed by atoms with Crippen molar-refractivity contribution in [2.75, 3.05) is 6.61 Å². The van der Waals surface area contributed by atoms with E-state index in [2.05, 4.69) is 31.1 Å². The van der Waals surface area contributed by atoms with Crippen molar-refractivity contribution < 1.29 is 9.53 Å². The van der Waals surface area contributed by atoms with Gasteiger partial charge in [-0.05, 0) is 39.8 Å². The molecule has 0 aliphatic carbocycles. The van der Waals surface area contributed by atoms with Crippen molar-refractivity contribution in [3.05, 3.63) is 23.5 Å². The highest BCUT2D eigenvalue weighted by Gasteiger charge is 2.14. The van der Waals surface area contributed by atoms with Gasteiger partial charge in [0.1, 0.15) is 5.75 Å². The van der Waals surface area contributed by atoms with Gasteiger partial charge in [-0.25, -0.2) is 0 Å². The molecule has 20 heavy (non-hydrogen) atoms. The molecular formula is C15H25N3O2. The van der Waals surface area contributed by atoms with Crippen molar-refractivity contribution in [1.29, 1.82) is 0 Å². The molecule has 5 nitrogen and oxygen atoms in total. The van der Waals surface area contributed by atoms with Crippen LogP contribution in [-0.2, 0) is 11.3 Å². The molecule has 0 saturated carbocycles. The van der Waals surface area contributed by atoms with Crippen LogP contribution in [0.25, 0.3) is 0 Å². The van der Waals surface area contributed by atoms with E-state index in [1.165, 1.54) is 0 Å². The Kier molecular flexibility index (Phi) is 5.51. The number of aryl methyl sites for hydroxylation is 1. The lowest BCUT2D eigenvalue weighted by atomic mass is 10.1. The summed E-state index contributed by atoms with van der Waals surface area (Å²) < 4.78 is 5.68. The van der Waals surface area contributed by atoms with Gasteiger partial charge in [0, 0.05) is 17.8 Å². The van der Waals surface area contributed by atoms with Crippen molar-refractivity contribution in [1.82, 2.24) is 10.3 Å². The summed E-state index contributed by atoms with van der Waals surface area (Å²) >= 11 is 0. The van der Waals surface area contributed by atoms with E-state index < -0.39 is 0 Å². The molecule has 1 aromatic rings. The number of nitrogens with two attached hydrogens (primary N) is 1. The third-order valence-electron chi connectivity index (χ3n) is 2.83. The number of carbonyl (C=O) groups excluding carboxylic acids is 1. The van der Waals surface area contributed by atoms with Crippen molar-refractivity contribution in [3.8, 4) is 5.75 Å². The second-order valence-electron chi connectivity index (χ2n) is 6.12. The van der Waals surface area contributed by atoms with E-state index in [1.54, 1.807) is 6.92 Å². The Bertz CT molecular complexity index is 467. The van der Waals surface area contributed by atoms with Gasteiger partial charge in [-0.3, -0.25) is 9.78 Å². The minimum absolute atomic E-state index is 0.00319. The Morgan fingerprint density at radius 2 is 2.10 bits per heavy atom. The normalized spacial score (nSPS) is 13.1. The van der Waals surface area contributed by atoms with Crippen LogP contribution < -0.4 is 15.8 Å². The monoisotopic (exact) mass is 279 g/mol. The summed E-state index contributed by atoms with van der Waals surface area (Å²) in [5.41, 5.74) is 7.01. The first-order valence-electron chi connectivity index (χ1n) is 6.82. The van der Waals surface area contributed by atoms with Gasteiger partial charge in [-0.15, -0.1) is 0 Å². The predicted molar refractivity (Wildman–Crippen MR) is 79.4 cm³/mol. The summed E-state index contributed by atoms with van der Waals surface area (Å²) in [6.45, 7) is 10.9. The van der Waals surface area contributed by atoms with E-state index >= 15 is 0 Å². The topological polar surface area (TPSA) is 77.2 Å². The van der Waals surface area contributed by atoms with E-state index in [1.807, 2.05) is 19.1 Å². The predicted octanol–water partition coefficient (Wildman–Crippen LogP) is 1.78. The molecule has 112 valence electrons. The van der Waals surface area contributed by atoms with Gasteiger partial charge < -0.3 is 15.8 Å². The Labute approximate surface area is 120 Å². The molecule has 0 radical (unpaired) electrons. The minimum atomic E-state index is -0.362. The van der Waals surface area contributed by atoms with Gasteiger partial charge >= 0.3 is 0 Å². The highest BCUT2D eigenvalue weighted by molar-refractivity contribution is 5.76. The number of nitrogens with one attached hydrogen (secondary N) is 1. The maximum absolute atomic E-state index is 11.0. The Hall–Kier alpha value is -1.62. The van der Waals surface area contributed by atoms with Crippen molar-refractivity contribution in [3.63, 3.8) is 0 Å². The number of hydrogen-bond acceptors (Lipinski definition) is 4. The molecule has 1 heterocycles. The average Bonchev–Trinajstić information content (AvgIpc) is 2.33. The third kappa shape index (κ3) is 5.57. The fourth-order valence-corrected chi connectivity index (χ4v) is 1.50. The number of pyridine rings is 1. The Balaban J connectivity index is 2.77. The quantitative estimate of drug-likeness (QED) is 0.832. The molecule has 0 bridgehead atoms. The molecule has 1 atom stereocenters. The Morgan fingerprint density at radius 3 is 2.65 bits per heavy atom. The maximum Gasteiger partial charge on any atom is 0.223 e. The van der Waals surface area contributed by atoms with Crippen LogP contribution in [0.3, 0.4) is 0 Å². The van der Waals surface area contributed by atoms with Crippen LogP contribution in [0.2, 0.25) is 0 Å². The number of nitrogens with zero attached hydrogens (tertiary/aromatic N) is 1. The van der Waals surface area contributed by atoms with E-state index in [4.69, 9.17) is 10.5 Å². The summed E-state index contributed by atoms with van der Waals surface area (Å²) in [7, 11) is 0. The number of primary amides is 1. The number of aromatic nitrogens is 1. The van der Waals surface area contributed by atoms with Crippen molar-refractivity contribution in [2.45, 2.75) is 46.7 Å². The average molecular weight is 279 g/mol. The summed E-state index contributed by atoms with van der Waals surface area (Å²) in [4.78, 5) is 15.5. The molecule has 0 aliphatic rings. The highest BCUT2D eigenvalue weighted by Crippen LogP contribution is 2.18. The van der Waals surface area contributed by atoms with Crippen molar-refractivity contribution in [2.24, 2.45) is 11.7 Å². The zero-order valence-electron chi connectivity index (χ0n) is 13.0. The lowest BCUT2D eigenvalue weighted by molar-refractivity contribution is -0.122. The summed E-state index contributed by atoms with van der Waals surface area (Å²) in [5.74, 6) is 0.0135. The van der Waals surface area contributed by atoms with Crippen molar-refractivity contribution >= 4 is 5.91 Å². The first-order valence-corrected chi connectivity index (χ1v) is 6.82. The largest absolute Gasteiger partial charge is 0.491 e. The highest BCUT2D eigenvalue weighted by atomic mass is 16.5. The molecule has 0 aliphatic heterocycles. The molecular weight excluding hydrogens is 254 g/mol. The van der Waals surface area contributed by atoms with Crippen LogP contribution in [-0.4, -0.2) is 23.0 Å². The molecule has 0 spiro atoms. The van der Waals surface area contributed by atoms with Gasteiger partial charge in [0.25, 0.3) is 0 Å². The summed E-state index contributed by atoms with van der Waals surface area (Å²) in [6, 6.07) is 3.78. The van der Waals surface area contributed by atoms with Gasteiger partial charge in [0.2, 0.25) is 5.91 Å². The minimum Gasteiger partial charge on any atom is -0.491 e. The van der Waals surface area contributed by atoms with Gasteiger partial charge in [0.05, 0.1) is 18.2 Å². The Morgan fingerprint density at radius 1 is 1.45 bits per heavy atom. The van der Waals surface area contributed by atoms with Gasteiger partial charge in [-0.2, -0.15) is 0 Å². The molecule has 0 aromatic carbocycles. The van der Waals surface area contributed by atoms with Crippen LogP contribution in [0, 0.1) is 12.8 Å². The van der Waals surface area contributed by atoms with E-state index in [0.717, 1.165) is 11.4 Å². The van der Waals surface area contributed by atoms with E-state index in [9.17, 15) is 4.79 Å². The third-order valence-corrected chi connectivity index (χ3v) is 2.83. The molecule has 1 rings (SSSR count). The van der Waals surface area contributed by atoms with E-state index in [0.29, 0.717) is 12.3 Å². The number of amides is 1. The molecule has 0 fully saturated rings. The standard InChI is InChI=1S/C15H25N3O2/c1-10(14(16)19)9-20-13-7-6-11(2)18-12(13)8-17-15(3,4)5/h6-7,10,17H,8-9H2,1-5H3,(H2,16,19). The lowest BCUT2D eigenvalue weighted by Crippen LogP contribution is -2.35. The van der Waals surface area contributed by atoms with Crippen LogP contribution in [0.1, 0.15) is 39.1 Å². The fraction of sp³-hybridized carbons (Fsp3) is 0.600. The SMILES string of the molecule is Cc1ccc(OCC(C)C(N)=O)c(CNC(C)(C)C)n1. The van der Waals surface area contributed by atoms with E-state index in [-0.39, 0.29) is 24.0 Å². The van der Waals surface area contributed by atoms with Crippen LogP contribution in [0.15, 0.2) is 12.1 Å². The number of hydrogen-bond donors (Lipinski definition) is 2. The first kappa shape index (κ1) is 16.4. The zero-order chi connectivity index (χ0) is 15.3. The van der Waals surface area contributed by atoms with Crippen LogP contribution >= 0.6 is 0 Å². The zero-order valence-corrected chi connectivity index (χ0v) is 13.0. The van der Waals surface area contributed by atoms with Crippen LogP contribution in [0.4, 0.5) is 0 Å². The number of rotatable bonds is 6. The maximum atomic E-state index is 11.0. The van der Waals surface area contributed by atoms with Crippen LogP contribution in [0.5, 0.6) is 5.75 Å². The molecule has 1 aromatic heterocycles. The number of carbonyl (C=O) groups is 1. The first-order chi connectivity index (χ1) is 9.19. The van der Waals surface area contributed by atoms with Gasteiger partial charge in [0.15, 0.2) is 0 Å². The fourth-order valence-electron chi connectivity index (χ4n) is 1.50. The molecule has 0 saturated heterocycles. The second kappa shape index (κ2) is 6.70. The molecule has 3 N–H and O–H groups in total. The summed E-state index contributed by atoms with van der Waals surface area (Å²) in [5, 5.41) is 3.38. The lowest BCUT2D eigenvalue weighted by Gasteiger charge is -2.21. The second-order valence-corrected chi connectivity index (χ2v) is 6.12.